The molecule has 2 N–H and O–H groups in total. The van der Waals surface area contributed by atoms with Crippen molar-refractivity contribution in [3.63, 3.8) is 0 Å². The van der Waals surface area contributed by atoms with E-state index in [1.54, 1.807) is 12.1 Å². The van der Waals surface area contributed by atoms with Crippen molar-refractivity contribution in [2.45, 2.75) is 25.4 Å². The predicted molar refractivity (Wildman–Crippen MR) is 77.4 cm³/mol. The number of nitro groups is 1. The number of halogens is 1. The van der Waals surface area contributed by atoms with Gasteiger partial charge in [0, 0.05) is 31.3 Å². The third-order valence-electron chi connectivity index (χ3n) is 3.55. The van der Waals surface area contributed by atoms with Crippen molar-refractivity contribution in [1.82, 2.24) is 4.90 Å². The lowest BCUT2D eigenvalue weighted by molar-refractivity contribution is -0.384. The molecule has 1 fully saturated rings. The summed E-state index contributed by atoms with van der Waals surface area (Å²) in [6.45, 7) is 1.46. The SMILES string of the molecule is CN(Cc1ccc([N+](=O)[O-])cc1)C(CN)C1CC1.Cl. The Bertz CT molecular complexity index is 420. The van der Waals surface area contributed by atoms with Crippen LogP contribution in [0.3, 0.4) is 0 Å². The van der Waals surface area contributed by atoms with Gasteiger partial charge in [0.1, 0.15) is 0 Å². The van der Waals surface area contributed by atoms with Gasteiger partial charge in [0.05, 0.1) is 4.92 Å². The third kappa shape index (κ3) is 4.16. The van der Waals surface area contributed by atoms with Gasteiger partial charge in [0.25, 0.3) is 5.69 Å². The number of nitrogens with two attached hydrogens (primary N) is 1. The van der Waals surface area contributed by atoms with Gasteiger partial charge in [-0.05, 0) is 31.4 Å². The molecule has 1 aliphatic carbocycles. The van der Waals surface area contributed by atoms with Crippen molar-refractivity contribution < 1.29 is 4.92 Å². The number of likely N-dealkylation sites (N-methyl/N-ethyl adjacent to an activating group) is 1. The summed E-state index contributed by atoms with van der Waals surface area (Å²) < 4.78 is 0. The van der Waals surface area contributed by atoms with Crippen LogP contribution in [-0.4, -0.2) is 29.5 Å². The van der Waals surface area contributed by atoms with Crippen molar-refractivity contribution in [3.8, 4) is 0 Å². The Balaban J connectivity index is 0.00000180. The zero-order valence-corrected chi connectivity index (χ0v) is 11.8. The number of hydrogen-bond acceptors (Lipinski definition) is 4. The summed E-state index contributed by atoms with van der Waals surface area (Å²) in [5.74, 6) is 0.734. The molecule has 19 heavy (non-hydrogen) atoms. The Morgan fingerprint density at radius 1 is 1.42 bits per heavy atom. The highest BCUT2D eigenvalue weighted by Crippen LogP contribution is 2.34. The largest absolute Gasteiger partial charge is 0.329 e. The van der Waals surface area contributed by atoms with E-state index in [4.69, 9.17) is 5.73 Å². The van der Waals surface area contributed by atoms with E-state index in [1.165, 1.54) is 12.8 Å². The maximum absolute atomic E-state index is 10.6. The van der Waals surface area contributed by atoms with Gasteiger partial charge in [-0.2, -0.15) is 0 Å². The van der Waals surface area contributed by atoms with E-state index in [9.17, 15) is 10.1 Å². The maximum Gasteiger partial charge on any atom is 0.269 e. The Morgan fingerprint density at radius 2 is 2.00 bits per heavy atom. The van der Waals surface area contributed by atoms with E-state index in [0.29, 0.717) is 12.6 Å². The minimum Gasteiger partial charge on any atom is -0.329 e. The number of nitrogens with zero attached hydrogens (tertiary/aromatic N) is 2. The topological polar surface area (TPSA) is 72.4 Å². The molecular formula is C13H20ClN3O2. The summed E-state index contributed by atoms with van der Waals surface area (Å²) in [5.41, 5.74) is 7.02. The molecule has 1 unspecified atom stereocenters. The van der Waals surface area contributed by atoms with Crippen LogP contribution in [0.1, 0.15) is 18.4 Å². The van der Waals surface area contributed by atoms with Crippen molar-refractivity contribution in [2.24, 2.45) is 11.7 Å². The molecule has 2 rings (SSSR count). The second kappa shape index (κ2) is 6.84. The lowest BCUT2D eigenvalue weighted by atomic mass is 10.1. The first kappa shape index (κ1) is 15.9. The number of nitro benzene ring substituents is 1. The van der Waals surface area contributed by atoms with Crippen LogP contribution in [0.25, 0.3) is 0 Å². The first-order chi connectivity index (χ1) is 8.61. The number of non-ortho nitro benzene ring substituents is 1. The molecule has 0 spiro atoms. The molecule has 1 atom stereocenters. The Hall–Kier alpha value is -1.17. The highest BCUT2D eigenvalue weighted by Gasteiger charge is 2.32. The van der Waals surface area contributed by atoms with E-state index in [-0.39, 0.29) is 23.0 Å². The van der Waals surface area contributed by atoms with Gasteiger partial charge in [0.2, 0.25) is 0 Å². The van der Waals surface area contributed by atoms with Crippen molar-refractivity contribution in [2.75, 3.05) is 13.6 Å². The minimum absolute atomic E-state index is 0. The smallest absolute Gasteiger partial charge is 0.269 e. The highest BCUT2D eigenvalue weighted by atomic mass is 35.5. The van der Waals surface area contributed by atoms with E-state index in [1.807, 2.05) is 12.1 Å². The van der Waals surface area contributed by atoms with Crippen molar-refractivity contribution in [3.05, 3.63) is 39.9 Å². The molecular weight excluding hydrogens is 266 g/mol. The maximum atomic E-state index is 10.6. The summed E-state index contributed by atoms with van der Waals surface area (Å²) >= 11 is 0. The lowest BCUT2D eigenvalue weighted by Gasteiger charge is -2.26. The minimum atomic E-state index is -0.375. The average molecular weight is 286 g/mol. The van der Waals surface area contributed by atoms with Gasteiger partial charge >= 0.3 is 0 Å². The van der Waals surface area contributed by atoms with E-state index >= 15 is 0 Å². The molecule has 0 aromatic heterocycles. The monoisotopic (exact) mass is 285 g/mol. The van der Waals surface area contributed by atoms with E-state index < -0.39 is 0 Å². The Morgan fingerprint density at radius 3 is 2.42 bits per heavy atom. The fourth-order valence-electron chi connectivity index (χ4n) is 2.34. The first-order valence-corrected chi connectivity index (χ1v) is 6.25. The molecule has 0 bridgehead atoms. The first-order valence-electron chi connectivity index (χ1n) is 6.25. The molecule has 5 nitrogen and oxygen atoms in total. The molecule has 1 aromatic rings. The summed E-state index contributed by atoms with van der Waals surface area (Å²) in [7, 11) is 2.07. The van der Waals surface area contributed by atoms with Gasteiger partial charge in [-0.15, -0.1) is 12.4 Å². The van der Waals surface area contributed by atoms with Crippen LogP contribution < -0.4 is 5.73 Å². The molecule has 6 heteroatoms. The Kier molecular flexibility index (Phi) is 5.72. The molecule has 0 amide bonds. The zero-order chi connectivity index (χ0) is 13.1. The molecule has 0 aliphatic heterocycles. The fourth-order valence-corrected chi connectivity index (χ4v) is 2.34. The molecule has 0 radical (unpaired) electrons. The van der Waals surface area contributed by atoms with E-state index in [0.717, 1.165) is 18.0 Å². The lowest BCUT2D eigenvalue weighted by Crippen LogP contribution is -2.39. The van der Waals surface area contributed by atoms with Crippen molar-refractivity contribution in [1.29, 1.82) is 0 Å². The normalized spacial score (nSPS) is 15.9. The van der Waals surface area contributed by atoms with Crippen LogP contribution in [0, 0.1) is 16.0 Å². The van der Waals surface area contributed by atoms with Crippen LogP contribution in [-0.2, 0) is 6.54 Å². The molecule has 0 saturated heterocycles. The van der Waals surface area contributed by atoms with Crippen molar-refractivity contribution >= 4 is 18.1 Å². The second-order valence-corrected chi connectivity index (χ2v) is 4.98. The van der Waals surface area contributed by atoms with Gasteiger partial charge in [0.15, 0.2) is 0 Å². The number of hydrogen-bond donors (Lipinski definition) is 1. The van der Waals surface area contributed by atoms with Gasteiger partial charge in [-0.1, -0.05) is 12.1 Å². The molecule has 0 heterocycles. The third-order valence-corrected chi connectivity index (χ3v) is 3.55. The zero-order valence-electron chi connectivity index (χ0n) is 11.0. The van der Waals surface area contributed by atoms with Gasteiger partial charge in [-0.3, -0.25) is 15.0 Å². The predicted octanol–water partition coefficient (Wildman–Crippen LogP) is 2.19. The van der Waals surface area contributed by atoms with Crippen LogP contribution in [0.5, 0.6) is 0 Å². The van der Waals surface area contributed by atoms with Gasteiger partial charge in [-0.25, -0.2) is 0 Å². The molecule has 1 aliphatic rings. The number of rotatable bonds is 6. The fraction of sp³-hybridized carbons (Fsp3) is 0.538. The standard InChI is InChI=1S/C13H19N3O2.ClH/c1-15(13(8-14)11-4-5-11)9-10-2-6-12(7-3-10)16(17)18;/h2-3,6-7,11,13H,4-5,8-9,14H2,1H3;1H. The quantitative estimate of drug-likeness (QED) is 0.642. The molecule has 106 valence electrons. The average Bonchev–Trinajstić information content (AvgIpc) is 3.15. The van der Waals surface area contributed by atoms with Crippen LogP contribution in [0.15, 0.2) is 24.3 Å². The van der Waals surface area contributed by atoms with Crippen LogP contribution in [0.4, 0.5) is 5.69 Å². The summed E-state index contributed by atoms with van der Waals surface area (Å²) in [6, 6.07) is 7.17. The summed E-state index contributed by atoms with van der Waals surface area (Å²) in [4.78, 5) is 12.4. The number of benzene rings is 1. The van der Waals surface area contributed by atoms with E-state index in [2.05, 4.69) is 11.9 Å². The van der Waals surface area contributed by atoms with Gasteiger partial charge < -0.3 is 5.73 Å². The molecule has 1 saturated carbocycles. The second-order valence-electron chi connectivity index (χ2n) is 4.98. The molecule has 1 aromatic carbocycles. The summed E-state index contributed by atoms with van der Waals surface area (Å²) in [6.07, 6.45) is 2.54. The van der Waals surface area contributed by atoms with Crippen LogP contribution in [0.2, 0.25) is 0 Å². The highest BCUT2D eigenvalue weighted by molar-refractivity contribution is 5.85. The Labute approximate surface area is 119 Å². The summed E-state index contributed by atoms with van der Waals surface area (Å²) in [5, 5.41) is 10.6. The van der Waals surface area contributed by atoms with Crippen LogP contribution >= 0.6 is 12.4 Å².